The highest BCUT2D eigenvalue weighted by Crippen LogP contribution is 2.26. The van der Waals surface area contributed by atoms with E-state index in [0.717, 1.165) is 12.1 Å². The molecule has 0 aliphatic heterocycles. The average Bonchev–Trinajstić information content (AvgIpc) is 3.29. The lowest BCUT2D eigenvalue weighted by Crippen LogP contribution is -2.23. The van der Waals surface area contributed by atoms with Gasteiger partial charge in [0.05, 0.1) is 22.0 Å². The Labute approximate surface area is 196 Å². The third-order valence-corrected chi connectivity index (χ3v) is 6.68. The maximum atomic E-state index is 14.1. The number of halogens is 1. The van der Waals surface area contributed by atoms with Crippen molar-refractivity contribution < 1.29 is 22.3 Å². The summed E-state index contributed by atoms with van der Waals surface area (Å²) in [6.07, 6.45) is 6.34. The number of carbonyl (C=O) groups is 1. The van der Waals surface area contributed by atoms with Gasteiger partial charge in [0.15, 0.2) is 0 Å². The van der Waals surface area contributed by atoms with Crippen molar-refractivity contribution in [1.29, 1.82) is 0 Å². The average molecular weight is 483 g/mol. The second kappa shape index (κ2) is 9.60. The van der Waals surface area contributed by atoms with E-state index in [-0.39, 0.29) is 33.9 Å². The van der Waals surface area contributed by atoms with E-state index in [9.17, 15) is 17.6 Å². The zero-order valence-corrected chi connectivity index (χ0v) is 19.4. The Morgan fingerprint density at radius 2 is 1.88 bits per heavy atom. The van der Waals surface area contributed by atoms with Crippen LogP contribution < -0.4 is 10.1 Å². The molecule has 4 rings (SSSR count). The van der Waals surface area contributed by atoms with Crippen molar-refractivity contribution in [3.63, 3.8) is 0 Å². The Hall–Kier alpha value is -3.79. The number of hydrogen-bond acceptors (Lipinski definition) is 6. The van der Waals surface area contributed by atoms with Crippen LogP contribution in [-0.2, 0) is 16.4 Å². The zero-order chi connectivity index (χ0) is 24.3. The zero-order valence-electron chi connectivity index (χ0n) is 18.6. The predicted molar refractivity (Wildman–Crippen MR) is 123 cm³/mol. The van der Waals surface area contributed by atoms with Crippen molar-refractivity contribution in [2.45, 2.75) is 30.2 Å². The van der Waals surface area contributed by atoms with Crippen LogP contribution in [0.3, 0.4) is 0 Å². The first-order chi connectivity index (χ1) is 16.2. The summed E-state index contributed by atoms with van der Waals surface area (Å²) in [5, 5.41) is 2.77. The fourth-order valence-corrected chi connectivity index (χ4v) is 4.48. The maximum absolute atomic E-state index is 14.1. The van der Waals surface area contributed by atoms with Gasteiger partial charge in [-0.2, -0.15) is 0 Å². The molecule has 4 aromatic rings. The van der Waals surface area contributed by atoms with Crippen LogP contribution in [0.25, 0.3) is 5.78 Å². The summed E-state index contributed by atoms with van der Waals surface area (Å²) < 4.78 is 47.2. The largest absolute Gasteiger partial charge is 0.493 e. The van der Waals surface area contributed by atoms with Gasteiger partial charge in [-0.3, -0.25) is 9.20 Å². The molecule has 0 aliphatic rings. The minimum absolute atomic E-state index is 0.0118. The number of imidazole rings is 1. The highest BCUT2D eigenvalue weighted by atomic mass is 32.2. The van der Waals surface area contributed by atoms with E-state index in [2.05, 4.69) is 15.3 Å². The summed E-state index contributed by atoms with van der Waals surface area (Å²) in [5.41, 5.74) is 1.07. The molecule has 0 fully saturated rings. The molecule has 34 heavy (non-hydrogen) atoms. The molecule has 0 bridgehead atoms. The van der Waals surface area contributed by atoms with Crippen molar-refractivity contribution in [2.24, 2.45) is 5.92 Å². The van der Waals surface area contributed by atoms with Crippen LogP contribution in [0.4, 0.5) is 4.39 Å². The van der Waals surface area contributed by atoms with Crippen LogP contribution in [0.15, 0.2) is 77.0 Å². The van der Waals surface area contributed by atoms with E-state index in [0.29, 0.717) is 23.5 Å². The molecule has 0 radical (unpaired) electrons. The maximum Gasteiger partial charge on any atom is 0.254 e. The molecule has 0 saturated carbocycles. The SMILES string of the molecule is CC(C)COc1cc(F)cc(S(=O)(=O)c2ccc(CNC(=O)c3cnc4nccn4c3)cc2)c1. The molecule has 0 saturated heterocycles. The van der Waals surface area contributed by atoms with Crippen molar-refractivity contribution >= 4 is 21.5 Å². The molecule has 0 spiro atoms. The number of fused-ring (bicyclic) bond motifs is 1. The number of rotatable bonds is 8. The summed E-state index contributed by atoms with van der Waals surface area (Å²) in [5.74, 6) is -0.155. The molecule has 10 heteroatoms. The number of nitrogens with zero attached hydrogens (tertiary/aromatic N) is 3. The first-order valence-corrected chi connectivity index (χ1v) is 12.0. The monoisotopic (exact) mass is 482 g/mol. The quantitative estimate of drug-likeness (QED) is 0.411. The summed E-state index contributed by atoms with van der Waals surface area (Å²) in [6.45, 7) is 4.41. The molecule has 2 aromatic carbocycles. The standard InChI is InChI=1S/C24H23FN4O4S/c1-16(2)15-33-20-9-19(25)10-22(11-20)34(31,32)21-5-3-17(4-6-21)12-27-23(30)18-13-28-24-26-7-8-29(24)14-18/h3-11,13-14,16H,12,15H2,1-2H3,(H,27,30). The van der Waals surface area contributed by atoms with E-state index in [1.54, 1.807) is 35.1 Å². The minimum Gasteiger partial charge on any atom is -0.493 e. The predicted octanol–water partition coefficient (Wildman–Crippen LogP) is 3.67. The van der Waals surface area contributed by atoms with Gasteiger partial charge in [0.2, 0.25) is 15.6 Å². The van der Waals surface area contributed by atoms with Crippen LogP contribution in [0, 0.1) is 11.7 Å². The molecule has 2 aromatic heterocycles. The lowest BCUT2D eigenvalue weighted by atomic mass is 10.2. The van der Waals surface area contributed by atoms with Gasteiger partial charge in [-0.25, -0.2) is 22.8 Å². The number of sulfone groups is 1. The number of benzene rings is 2. The molecule has 0 unspecified atom stereocenters. The molecule has 0 atom stereocenters. The summed E-state index contributed by atoms with van der Waals surface area (Å²) in [6, 6.07) is 9.50. The molecule has 1 N–H and O–H groups in total. The lowest BCUT2D eigenvalue weighted by molar-refractivity contribution is 0.0950. The molecule has 2 heterocycles. The van der Waals surface area contributed by atoms with E-state index >= 15 is 0 Å². The molecular formula is C24H23FN4O4S. The number of amides is 1. The van der Waals surface area contributed by atoms with Gasteiger partial charge < -0.3 is 10.1 Å². The van der Waals surface area contributed by atoms with Gasteiger partial charge in [0.25, 0.3) is 5.91 Å². The van der Waals surface area contributed by atoms with Crippen LogP contribution in [0.1, 0.15) is 29.8 Å². The number of aromatic nitrogens is 3. The van der Waals surface area contributed by atoms with Crippen molar-refractivity contribution in [3.8, 4) is 5.75 Å². The Morgan fingerprint density at radius 1 is 1.12 bits per heavy atom. The Kier molecular flexibility index (Phi) is 6.60. The van der Waals surface area contributed by atoms with Crippen LogP contribution in [-0.4, -0.2) is 35.3 Å². The van der Waals surface area contributed by atoms with Gasteiger partial charge in [0, 0.05) is 37.4 Å². The molecule has 8 nitrogen and oxygen atoms in total. The van der Waals surface area contributed by atoms with E-state index in [1.165, 1.54) is 24.4 Å². The molecule has 176 valence electrons. The van der Waals surface area contributed by atoms with Gasteiger partial charge in [0.1, 0.15) is 11.6 Å². The highest BCUT2D eigenvalue weighted by Gasteiger charge is 2.20. The van der Waals surface area contributed by atoms with E-state index in [1.807, 2.05) is 13.8 Å². The molecule has 0 aliphatic carbocycles. The van der Waals surface area contributed by atoms with Gasteiger partial charge in [-0.05, 0) is 35.7 Å². The van der Waals surface area contributed by atoms with Crippen molar-refractivity contribution in [3.05, 3.63) is 84.2 Å². The van der Waals surface area contributed by atoms with Crippen molar-refractivity contribution in [1.82, 2.24) is 19.7 Å². The fourth-order valence-electron chi connectivity index (χ4n) is 3.18. The second-order valence-electron chi connectivity index (χ2n) is 8.13. The lowest BCUT2D eigenvalue weighted by Gasteiger charge is -2.11. The molecule has 1 amide bonds. The van der Waals surface area contributed by atoms with Gasteiger partial charge >= 0.3 is 0 Å². The number of nitrogens with one attached hydrogen (secondary N) is 1. The third kappa shape index (κ3) is 5.23. The Morgan fingerprint density at radius 3 is 2.62 bits per heavy atom. The summed E-state index contributed by atoms with van der Waals surface area (Å²) in [4.78, 5) is 20.4. The Bertz CT molecular complexity index is 1430. The second-order valence-corrected chi connectivity index (χ2v) is 10.1. The number of hydrogen-bond donors (Lipinski definition) is 1. The van der Waals surface area contributed by atoms with Gasteiger partial charge in [-0.1, -0.05) is 26.0 Å². The first-order valence-electron chi connectivity index (χ1n) is 10.6. The fraction of sp³-hybridized carbons (Fsp3) is 0.208. The van der Waals surface area contributed by atoms with Crippen LogP contribution >= 0.6 is 0 Å². The van der Waals surface area contributed by atoms with Gasteiger partial charge in [-0.15, -0.1) is 0 Å². The number of ether oxygens (including phenoxy) is 1. The smallest absolute Gasteiger partial charge is 0.254 e. The normalized spacial score (nSPS) is 11.6. The summed E-state index contributed by atoms with van der Waals surface area (Å²) in [7, 11) is -3.95. The third-order valence-electron chi connectivity index (χ3n) is 4.93. The first kappa shape index (κ1) is 23.4. The minimum atomic E-state index is -3.95. The Balaban J connectivity index is 1.45. The topological polar surface area (TPSA) is 103 Å². The van der Waals surface area contributed by atoms with E-state index < -0.39 is 15.7 Å². The highest BCUT2D eigenvalue weighted by molar-refractivity contribution is 7.91. The van der Waals surface area contributed by atoms with Crippen LogP contribution in [0.5, 0.6) is 5.75 Å². The van der Waals surface area contributed by atoms with Crippen LogP contribution in [0.2, 0.25) is 0 Å². The number of carbonyl (C=O) groups excluding carboxylic acids is 1. The van der Waals surface area contributed by atoms with Crippen molar-refractivity contribution in [2.75, 3.05) is 6.61 Å². The molecular weight excluding hydrogens is 459 g/mol. The van der Waals surface area contributed by atoms with E-state index in [4.69, 9.17) is 4.74 Å². The summed E-state index contributed by atoms with van der Waals surface area (Å²) >= 11 is 0.